The third-order valence-electron chi connectivity index (χ3n) is 5.78. The van der Waals surface area contributed by atoms with Gasteiger partial charge in [0.05, 0.1) is 12.1 Å². The highest BCUT2D eigenvalue weighted by Crippen LogP contribution is 2.35. The first-order valence-corrected chi connectivity index (χ1v) is 11.4. The SMILES string of the molecule is COc1nc(-c2cccc(C(C)C)c2)nc(-c2cc(C(O)(C(N)=O)c3ccccc3)ccc2Cl)n1. The molecule has 0 aliphatic rings. The van der Waals surface area contributed by atoms with Crippen molar-refractivity contribution in [3.8, 4) is 28.8 Å². The van der Waals surface area contributed by atoms with Crippen LogP contribution in [-0.4, -0.2) is 33.1 Å². The molecule has 0 aliphatic heterocycles. The maximum absolute atomic E-state index is 12.5. The van der Waals surface area contributed by atoms with Gasteiger partial charge in [0.2, 0.25) is 0 Å². The van der Waals surface area contributed by atoms with Crippen molar-refractivity contribution in [2.24, 2.45) is 5.73 Å². The van der Waals surface area contributed by atoms with Crippen LogP contribution >= 0.6 is 11.6 Å². The van der Waals surface area contributed by atoms with E-state index in [1.165, 1.54) is 7.11 Å². The Bertz CT molecular complexity index is 1380. The number of nitrogens with zero attached hydrogens (tertiary/aromatic N) is 3. The van der Waals surface area contributed by atoms with Gasteiger partial charge in [0.15, 0.2) is 17.2 Å². The molecule has 0 aliphatic carbocycles. The average Bonchev–Trinajstić information content (AvgIpc) is 2.88. The minimum absolute atomic E-state index is 0.106. The highest BCUT2D eigenvalue weighted by molar-refractivity contribution is 6.33. The van der Waals surface area contributed by atoms with Crippen LogP contribution in [0, 0.1) is 0 Å². The standard InChI is InChI=1S/C27H25ClN4O3/c1-16(2)17-8-7-9-18(14-17)23-30-24(32-26(31-23)35-3)21-15-20(12-13-22(21)28)27(34,25(29)33)19-10-5-4-6-11-19/h4-16,34H,1-3H3,(H2,29,33). The molecule has 0 saturated heterocycles. The number of ether oxygens (including phenoxy) is 1. The Morgan fingerprint density at radius 1 is 0.943 bits per heavy atom. The molecule has 1 unspecified atom stereocenters. The van der Waals surface area contributed by atoms with Crippen molar-refractivity contribution in [1.29, 1.82) is 0 Å². The number of hydrogen-bond acceptors (Lipinski definition) is 6. The van der Waals surface area contributed by atoms with E-state index in [0.717, 1.165) is 11.1 Å². The number of amides is 1. The molecule has 1 aromatic heterocycles. The van der Waals surface area contributed by atoms with Gasteiger partial charge in [-0.3, -0.25) is 4.79 Å². The lowest BCUT2D eigenvalue weighted by Crippen LogP contribution is -2.42. The molecule has 3 aromatic carbocycles. The summed E-state index contributed by atoms with van der Waals surface area (Å²) in [5.74, 6) is 0.0442. The molecule has 0 fully saturated rings. The smallest absolute Gasteiger partial charge is 0.320 e. The van der Waals surface area contributed by atoms with Gasteiger partial charge in [-0.15, -0.1) is 0 Å². The van der Waals surface area contributed by atoms with Crippen LogP contribution in [0.15, 0.2) is 72.8 Å². The number of halogens is 1. The molecule has 35 heavy (non-hydrogen) atoms. The summed E-state index contributed by atoms with van der Waals surface area (Å²) in [5, 5.41) is 11.7. The number of nitrogens with two attached hydrogens (primary N) is 1. The van der Waals surface area contributed by atoms with E-state index >= 15 is 0 Å². The van der Waals surface area contributed by atoms with E-state index in [0.29, 0.717) is 27.9 Å². The Morgan fingerprint density at radius 3 is 2.31 bits per heavy atom. The van der Waals surface area contributed by atoms with Crippen LogP contribution < -0.4 is 10.5 Å². The third kappa shape index (κ3) is 4.73. The van der Waals surface area contributed by atoms with Gasteiger partial charge in [0, 0.05) is 11.1 Å². The van der Waals surface area contributed by atoms with E-state index in [1.54, 1.807) is 48.5 Å². The van der Waals surface area contributed by atoms with Crippen LogP contribution in [0.4, 0.5) is 0 Å². The van der Waals surface area contributed by atoms with Gasteiger partial charge in [-0.05, 0) is 40.8 Å². The molecule has 8 heteroatoms. The number of aliphatic hydroxyl groups is 1. The van der Waals surface area contributed by atoms with Crippen LogP contribution in [0.2, 0.25) is 5.02 Å². The molecule has 1 amide bonds. The van der Waals surface area contributed by atoms with Crippen LogP contribution in [0.5, 0.6) is 6.01 Å². The van der Waals surface area contributed by atoms with E-state index in [4.69, 9.17) is 22.1 Å². The molecule has 4 aromatic rings. The molecule has 4 rings (SSSR count). The Balaban J connectivity index is 1.88. The van der Waals surface area contributed by atoms with Crippen molar-refractivity contribution in [3.05, 3.63) is 94.5 Å². The molecule has 3 N–H and O–H groups in total. The minimum atomic E-state index is -2.08. The summed E-state index contributed by atoms with van der Waals surface area (Å²) in [5.41, 5.74) is 6.48. The molecule has 0 saturated carbocycles. The van der Waals surface area contributed by atoms with E-state index in [2.05, 4.69) is 28.8 Å². The van der Waals surface area contributed by atoms with Crippen LogP contribution in [-0.2, 0) is 10.4 Å². The Kier molecular flexibility index (Phi) is 6.82. The van der Waals surface area contributed by atoms with Gasteiger partial charge in [-0.2, -0.15) is 9.97 Å². The third-order valence-corrected chi connectivity index (χ3v) is 6.11. The summed E-state index contributed by atoms with van der Waals surface area (Å²) < 4.78 is 5.33. The number of benzene rings is 3. The highest BCUT2D eigenvalue weighted by atomic mass is 35.5. The second-order valence-electron chi connectivity index (χ2n) is 8.38. The zero-order chi connectivity index (χ0) is 25.2. The molecule has 0 spiro atoms. The van der Waals surface area contributed by atoms with Crippen molar-refractivity contribution >= 4 is 17.5 Å². The average molecular weight is 489 g/mol. The summed E-state index contributed by atoms with van der Waals surface area (Å²) in [6.45, 7) is 4.22. The minimum Gasteiger partial charge on any atom is -0.467 e. The van der Waals surface area contributed by atoms with Gasteiger partial charge in [0.25, 0.3) is 5.91 Å². The fourth-order valence-electron chi connectivity index (χ4n) is 3.79. The highest BCUT2D eigenvalue weighted by Gasteiger charge is 2.38. The zero-order valence-electron chi connectivity index (χ0n) is 19.6. The molecular formula is C27H25ClN4O3. The van der Waals surface area contributed by atoms with E-state index < -0.39 is 11.5 Å². The van der Waals surface area contributed by atoms with Gasteiger partial charge < -0.3 is 15.6 Å². The Morgan fingerprint density at radius 2 is 1.66 bits per heavy atom. The lowest BCUT2D eigenvalue weighted by molar-refractivity contribution is -0.133. The quantitative estimate of drug-likeness (QED) is 0.389. The second kappa shape index (κ2) is 9.82. The van der Waals surface area contributed by atoms with Crippen molar-refractivity contribution in [2.75, 3.05) is 7.11 Å². The van der Waals surface area contributed by atoms with Crippen molar-refractivity contribution in [3.63, 3.8) is 0 Å². The van der Waals surface area contributed by atoms with Gasteiger partial charge in [0.1, 0.15) is 0 Å². The number of primary amides is 1. The Hall–Kier alpha value is -3.81. The number of carbonyl (C=O) groups excluding carboxylic acids is 1. The molecule has 1 atom stereocenters. The number of rotatable bonds is 7. The fraction of sp³-hybridized carbons (Fsp3) is 0.185. The monoisotopic (exact) mass is 488 g/mol. The topological polar surface area (TPSA) is 111 Å². The van der Waals surface area contributed by atoms with E-state index in [1.807, 2.05) is 24.3 Å². The number of methoxy groups -OCH3 is 1. The number of hydrogen-bond donors (Lipinski definition) is 2. The fourth-order valence-corrected chi connectivity index (χ4v) is 3.99. The molecular weight excluding hydrogens is 464 g/mol. The Labute approximate surface area is 208 Å². The van der Waals surface area contributed by atoms with Crippen LogP contribution in [0.25, 0.3) is 22.8 Å². The first kappa shape index (κ1) is 24.3. The van der Waals surface area contributed by atoms with E-state index in [-0.39, 0.29) is 17.4 Å². The zero-order valence-corrected chi connectivity index (χ0v) is 20.3. The van der Waals surface area contributed by atoms with Crippen molar-refractivity contribution < 1.29 is 14.6 Å². The van der Waals surface area contributed by atoms with E-state index in [9.17, 15) is 9.90 Å². The maximum atomic E-state index is 12.5. The first-order valence-electron chi connectivity index (χ1n) is 11.0. The normalized spacial score (nSPS) is 12.9. The predicted octanol–water partition coefficient (Wildman–Crippen LogP) is 4.71. The van der Waals surface area contributed by atoms with Gasteiger partial charge in [-0.1, -0.05) is 80.0 Å². The molecule has 0 bridgehead atoms. The lowest BCUT2D eigenvalue weighted by Gasteiger charge is -2.26. The van der Waals surface area contributed by atoms with Gasteiger partial charge >= 0.3 is 6.01 Å². The molecule has 178 valence electrons. The summed E-state index contributed by atoms with van der Waals surface area (Å²) in [4.78, 5) is 25.9. The largest absolute Gasteiger partial charge is 0.467 e. The summed E-state index contributed by atoms with van der Waals surface area (Å²) >= 11 is 6.53. The summed E-state index contributed by atoms with van der Waals surface area (Å²) in [6, 6.07) is 21.2. The second-order valence-corrected chi connectivity index (χ2v) is 8.79. The van der Waals surface area contributed by atoms with Crippen LogP contribution in [0.3, 0.4) is 0 Å². The molecule has 7 nitrogen and oxygen atoms in total. The van der Waals surface area contributed by atoms with Crippen LogP contribution in [0.1, 0.15) is 36.5 Å². The number of aromatic nitrogens is 3. The molecule has 1 heterocycles. The molecule has 0 radical (unpaired) electrons. The summed E-state index contributed by atoms with van der Waals surface area (Å²) in [6.07, 6.45) is 0. The maximum Gasteiger partial charge on any atom is 0.320 e. The lowest BCUT2D eigenvalue weighted by atomic mass is 9.85. The number of carbonyl (C=O) groups is 1. The van der Waals surface area contributed by atoms with Gasteiger partial charge in [-0.25, -0.2) is 4.98 Å². The van der Waals surface area contributed by atoms with Crippen molar-refractivity contribution in [2.45, 2.75) is 25.4 Å². The first-order chi connectivity index (χ1) is 16.7. The predicted molar refractivity (Wildman–Crippen MR) is 135 cm³/mol. The van der Waals surface area contributed by atoms with Crippen molar-refractivity contribution in [1.82, 2.24) is 15.0 Å². The summed E-state index contributed by atoms with van der Waals surface area (Å²) in [7, 11) is 1.46.